The third-order valence-electron chi connectivity index (χ3n) is 3.36. The van der Waals surface area contributed by atoms with Crippen LogP contribution in [0.25, 0.3) is 11.4 Å². The second-order valence-electron chi connectivity index (χ2n) is 5.29. The van der Waals surface area contributed by atoms with Crippen molar-refractivity contribution in [3.8, 4) is 11.4 Å². The predicted molar refractivity (Wildman–Crippen MR) is 84.2 cm³/mol. The fourth-order valence-corrected chi connectivity index (χ4v) is 2.20. The molecule has 0 fully saturated rings. The largest absolute Gasteiger partial charge is 0.344 e. The molecule has 0 radical (unpaired) electrons. The molecular formula is C17H15FN4O2. The van der Waals surface area contributed by atoms with Gasteiger partial charge in [-0.25, -0.2) is 4.39 Å². The fourth-order valence-electron chi connectivity index (χ4n) is 2.20. The summed E-state index contributed by atoms with van der Waals surface area (Å²) < 4.78 is 18.4. The first-order valence-corrected chi connectivity index (χ1v) is 7.39. The average molecular weight is 326 g/mol. The molecule has 3 aromatic rings. The molecule has 0 saturated heterocycles. The number of nitrogens with zero attached hydrogens (tertiary/aromatic N) is 3. The Labute approximate surface area is 137 Å². The smallest absolute Gasteiger partial charge is 0.249 e. The molecule has 0 spiro atoms. The van der Waals surface area contributed by atoms with Crippen LogP contribution in [0.3, 0.4) is 0 Å². The lowest BCUT2D eigenvalue weighted by Crippen LogP contribution is -2.28. The van der Waals surface area contributed by atoms with E-state index in [9.17, 15) is 9.18 Å². The second kappa shape index (κ2) is 6.99. The SMILES string of the molecule is CC(NC(=O)Cc1cccnc1)c1nc(-c2cccc(F)c2)no1. The van der Waals surface area contributed by atoms with Gasteiger partial charge in [-0.05, 0) is 30.7 Å². The first-order chi connectivity index (χ1) is 11.6. The molecule has 1 N–H and O–H groups in total. The van der Waals surface area contributed by atoms with Gasteiger partial charge < -0.3 is 9.84 Å². The van der Waals surface area contributed by atoms with Gasteiger partial charge in [0, 0.05) is 18.0 Å². The van der Waals surface area contributed by atoms with Crippen molar-refractivity contribution in [1.29, 1.82) is 0 Å². The lowest BCUT2D eigenvalue weighted by molar-refractivity contribution is -0.121. The Bertz CT molecular complexity index is 835. The summed E-state index contributed by atoms with van der Waals surface area (Å²) in [6.07, 6.45) is 3.50. The van der Waals surface area contributed by atoms with E-state index in [0.29, 0.717) is 5.56 Å². The molecule has 0 aliphatic rings. The zero-order valence-corrected chi connectivity index (χ0v) is 12.9. The van der Waals surface area contributed by atoms with Gasteiger partial charge in [-0.3, -0.25) is 9.78 Å². The molecule has 0 aliphatic heterocycles. The van der Waals surface area contributed by atoms with Gasteiger partial charge in [-0.2, -0.15) is 4.98 Å². The van der Waals surface area contributed by atoms with Crippen LogP contribution in [-0.2, 0) is 11.2 Å². The number of hydrogen-bond donors (Lipinski definition) is 1. The maximum atomic E-state index is 13.2. The minimum atomic E-state index is -0.455. The van der Waals surface area contributed by atoms with Gasteiger partial charge in [0.25, 0.3) is 0 Å². The summed E-state index contributed by atoms with van der Waals surface area (Å²) in [5.74, 6) is -0.0238. The molecule has 1 aromatic carbocycles. The number of amides is 1. The normalized spacial score (nSPS) is 11.9. The van der Waals surface area contributed by atoms with Gasteiger partial charge in [0.2, 0.25) is 17.6 Å². The van der Waals surface area contributed by atoms with Gasteiger partial charge >= 0.3 is 0 Å². The minimum Gasteiger partial charge on any atom is -0.344 e. The molecule has 2 aromatic heterocycles. The number of carbonyl (C=O) groups excluding carboxylic acids is 1. The first kappa shape index (κ1) is 15.8. The molecule has 0 saturated carbocycles. The van der Waals surface area contributed by atoms with E-state index in [4.69, 9.17) is 4.52 Å². The maximum Gasteiger partial charge on any atom is 0.249 e. The van der Waals surface area contributed by atoms with Crippen molar-refractivity contribution in [2.45, 2.75) is 19.4 Å². The number of pyridine rings is 1. The highest BCUT2D eigenvalue weighted by Crippen LogP contribution is 2.19. The zero-order valence-electron chi connectivity index (χ0n) is 12.9. The molecule has 2 heterocycles. The monoisotopic (exact) mass is 326 g/mol. The van der Waals surface area contributed by atoms with E-state index < -0.39 is 6.04 Å². The van der Waals surface area contributed by atoms with Gasteiger partial charge in [0.1, 0.15) is 11.9 Å². The fraction of sp³-hybridized carbons (Fsp3) is 0.176. The number of rotatable bonds is 5. The summed E-state index contributed by atoms with van der Waals surface area (Å²) in [5, 5.41) is 6.61. The molecule has 122 valence electrons. The quantitative estimate of drug-likeness (QED) is 0.779. The van der Waals surface area contributed by atoms with Crippen LogP contribution < -0.4 is 5.32 Å². The van der Waals surface area contributed by atoms with Gasteiger partial charge in [-0.1, -0.05) is 23.4 Å². The van der Waals surface area contributed by atoms with Crippen LogP contribution in [0.15, 0.2) is 53.3 Å². The Balaban J connectivity index is 1.65. The number of nitrogens with one attached hydrogen (secondary N) is 1. The zero-order chi connectivity index (χ0) is 16.9. The Hall–Kier alpha value is -3.09. The van der Waals surface area contributed by atoms with Crippen molar-refractivity contribution < 1.29 is 13.7 Å². The standard InChI is InChI=1S/C17H15FN4O2/c1-11(20-15(23)8-12-4-3-7-19-10-12)17-21-16(22-24-17)13-5-2-6-14(18)9-13/h2-7,9-11H,8H2,1H3,(H,20,23). The second-order valence-corrected chi connectivity index (χ2v) is 5.29. The number of hydrogen-bond acceptors (Lipinski definition) is 5. The van der Waals surface area contributed by atoms with Crippen molar-refractivity contribution in [1.82, 2.24) is 20.4 Å². The van der Waals surface area contributed by atoms with Gasteiger partial charge in [0.05, 0.1) is 6.42 Å². The minimum absolute atomic E-state index is 0.180. The molecule has 3 rings (SSSR count). The van der Waals surface area contributed by atoms with E-state index in [1.165, 1.54) is 12.1 Å². The number of benzene rings is 1. The van der Waals surface area contributed by atoms with E-state index in [1.807, 2.05) is 6.07 Å². The number of carbonyl (C=O) groups is 1. The van der Waals surface area contributed by atoms with E-state index >= 15 is 0 Å². The third kappa shape index (κ3) is 3.81. The first-order valence-electron chi connectivity index (χ1n) is 7.39. The molecule has 0 bridgehead atoms. The van der Waals surface area contributed by atoms with Crippen molar-refractivity contribution >= 4 is 5.91 Å². The van der Waals surface area contributed by atoms with Crippen molar-refractivity contribution in [2.24, 2.45) is 0 Å². The molecule has 0 aliphatic carbocycles. The summed E-state index contributed by atoms with van der Waals surface area (Å²) in [7, 11) is 0. The van der Waals surface area contributed by atoms with E-state index in [0.717, 1.165) is 5.56 Å². The van der Waals surface area contributed by atoms with Gasteiger partial charge in [0.15, 0.2) is 0 Å². The Kier molecular flexibility index (Phi) is 4.60. The van der Waals surface area contributed by atoms with E-state index in [-0.39, 0.29) is 29.9 Å². The Morgan fingerprint density at radius 2 is 2.21 bits per heavy atom. The maximum absolute atomic E-state index is 13.2. The van der Waals surface area contributed by atoms with Crippen molar-refractivity contribution in [2.75, 3.05) is 0 Å². The van der Waals surface area contributed by atoms with Crippen LogP contribution in [0, 0.1) is 5.82 Å². The van der Waals surface area contributed by atoms with E-state index in [2.05, 4.69) is 20.4 Å². The Morgan fingerprint density at radius 3 is 2.96 bits per heavy atom. The van der Waals surface area contributed by atoms with Gasteiger partial charge in [-0.15, -0.1) is 0 Å². The van der Waals surface area contributed by atoms with Crippen molar-refractivity contribution in [3.63, 3.8) is 0 Å². The summed E-state index contributed by atoms with van der Waals surface area (Å²) in [4.78, 5) is 20.2. The molecule has 1 amide bonds. The van der Waals surface area contributed by atoms with Crippen LogP contribution in [0.4, 0.5) is 4.39 Å². The highest BCUT2D eigenvalue weighted by Gasteiger charge is 2.17. The van der Waals surface area contributed by atoms with Crippen LogP contribution in [0.5, 0.6) is 0 Å². The summed E-state index contributed by atoms with van der Waals surface area (Å²) in [6.45, 7) is 1.74. The average Bonchev–Trinajstić information content (AvgIpc) is 3.06. The highest BCUT2D eigenvalue weighted by molar-refractivity contribution is 5.78. The topological polar surface area (TPSA) is 80.9 Å². The molecule has 6 nitrogen and oxygen atoms in total. The predicted octanol–water partition coefficient (Wildman–Crippen LogP) is 2.69. The Morgan fingerprint density at radius 1 is 1.33 bits per heavy atom. The molecular weight excluding hydrogens is 311 g/mol. The third-order valence-corrected chi connectivity index (χ3v) is 3.36. The molecule has 24 heavy (non-hydrogen) atoms. The summed E-state index contributed by atoms with van der Waals surface area (Å²) in [5.41, 5.74) is 1.33. The summed E-state index contributed by atoms with van der Waals surface area (Å²) in [6, 6.07) is 9.06. The number of aromatic nitrogens is 3. The lowest BCUT2D eigenvalue weighted by Gasteiger charge is -2.09. The van der Waals surface area contributed by atoms with Crippen LogP contribution in [-0.4, -0.2) is 21.0 Å². The summed E-state index contributed by atoms with van der Waals surface area (Å²) >= 11 is 0. The van der Waals surface area contributed by atoms with Crippen LogP contribution >= 0.6 is 0 Å². The lowest BCUT2D eigenvalue weighted by atomic mass is 10.2. The van der Waals surface area contributed by atoms with Crippen LogP contribution in [0.1, 0.15) is 24.4 Å². The molecule has 7 heteroatoms. The molecule has 1 unspecified atom stereocenters. The molecule has 1 atom stereocenters. The van der Waals surface area contributed by atoms with E-state index in [1.54, 1.807) is 37.5 Å². The van der Waals surface area contributed by atoms with Crippen LogP contribution in [0.2, 0.25) is 0 Å². The highest BCUT2D eigenvalue weighted by atomic mass is 19.1. The number of halogens is 1. The van der Waals surface area contributed by atoms with Crippen molar-refractivity contribution in [3.05, 3.63) is 66.1 Å².